The molecule has 1 aliphatic heterocycles. The summed E-state index contributed by atoms with van der Waals surface area (Å²) in [6.45, 7) is 5.03. The number of likely N-dealkylation sites (N-methyl/N-ethyl adjacent to an activating group) is 1. The lowest BCUT2D eigenvalue weighted by atomic mass is 10.0. The lowest BCUT2D eigenvalue weighted by Crippen LogP contribution is -2.31. The highest BCUT2D eigenvalue weighted by Gasteiger charge is 2.24. The first-order valence-corrected chi connectivity index (χ1v) is 8.75. The number of aromatic nitrogens is 1. The van der Waals surface area contributed by atoms with Crippen molar-refractivity contribution < 1.29 is 4.79 Å². The Morgan fingerprint density at radius 3 is 3.09 bits per heavy atom. The van der Waals surface area contributed by atoms with Gasteiger partial charge in [0, 0.05) is 31.2 Å². The van der Waals surface area contributed by atoms with E-state index in [-0.39, 0.29) is 5.91 Å². The zero-order valence-corrected chi connectivity index (χ0v) is 13.6. The second-order valence-corrected chi connectivity index (χ2v) is 6.77. The summed E-state index contributed by atoms with van der Waals surface area (Å²) in [7, 11) is 0. The van der Waals surface area contributed by atoms with Crippen LogP contribution in [0.2, 0.25) is 0 Å². The molecule has 0 radical (unpaired) electrons. The van der Waals surface area contributed by atoms with Gasteiger partial charge in [0.2, 0.25) is 5.91 Å². The Hall–Kier alpha value is -1.58. The quantitative estimate of drug-likeness (QED) is 0.837. The smallest absolute Gasteiger partial charge is 0.230 e. The predicted molar refractivity (Wildman–Crippen MR) is 85.5 cm³/mol. The molecule has 0 saturated heterocycles. The van der Waals surface area contributed by atoms with Crippen LogP contribution in [-0.2, 0) is 17.8 Å². The lowest BCUT2D eigenvalue weighted by molar-refractivity contribution is -0.118. The molecule has 1 N–H and O–H groups in total. The topological polar surface area (TPSA) is 69.0 Å². The second kappa shape index (κ2) is 6.67. The second-order valence-electron chi connectivity index (χ2n) is 5.81. The average Bonchev–Trinajstić information content (AvgIpc) is 3.35. The molecule has 116 valence electrons. The maximum Gasteiger partial charge on any atom is 0.230 e. The van der Waals surface area contributed by atoms with Gasteiger partial charge in [0.05, 0.1) is 11.3 Å². The Bertz CT molecular complexity index is 621. The highest BCUT2D eigenvalue weighted by Crippen LogP contribution is 2.26. The highest BCUT2D eigenvalue weighted by molar-refractivity contribution is 8.00. The van der Waals surface area contributed by atoms with E-state index in [4.69, 9.17) is 0 Å². The fourth-order valence-corrected chi connectivity index (χ4v) is 3.39. The summed E-state index contributed by atoms with van der Waals surface area (Å²) in [6.07, 6.45) is 3.09. The van der Waals surface area contributed by atoms with Crippen molar-refractivity contribution in [2.24, 2.45) is 0 Å². The van der Waals surface area contributed by atoms with Crippen LogP contribution in [0.15, 0.2) is 11.1 Å². The number of hydrogen-bond donors (Lipinski definition) is 1. The van der Waals surface area contributed by atoms with Gasteiger partial charge in [-0.1, -0.05) is 18.7 Å². The molecule has 1 amide bonds. The number of hydrogen-bond acceptors (Lipinski definition) is 5. The molecule has 6 heteroatoms. The number of nitriles is 1. The molecular weight excluding hydrogens is 296 g/mol. The van der Waals surface area contributed by atoms with E-state index in [1.165, 1.54) is 11.8 Å². The standard InChI is InChI=1S/C16H20N4OS/c1-2-20-6-5-14-12(9-20)7-11(8-17)16(19-14)22-10-15(21)18-13-3-4-13/h7,13H,2-6,9-10H2,1H3,(H,18,21). The van der Waals surface area contributed by atoms with Crippen LogP contribution in [-0.4, -0.2) is 40.7 Å². The third kappa shape index (κ3) is 3.60. The number of nitrogens with one attached hydrogen (secondary N) is 1. The van der Waals surface area contributed by atoms with Gasteiger partial charge in [0.25, 0.3) is 0 Å². The van der Waals surface area contributed by atoms with Crippen molar-refractivity contribution in [3.8, 4) is 6.07 Å². The van der Waals surface area contributed by atoms with Crippen molar-refractivity contribution in [3.05, 3.63) is 22.9 Å². The van der Waals surface area contributed by atoms with E-state index in [0.717, 1.165) is 50.2 Å². The molecular formula is C16H20N4OS. The zero-order valence-electron chi connectivity index (χ0n) is 12.8. The normalized spacial score (nSPS) is 17.6. The van der Waals surface area contributed by atoms with Crippen LogP contribution in [0.1, 0.15) is 36.6 Å². The van der Waals surface area contributed by atoms with Crippen LogP contribution in [0.4, 0.5) is 0 Å². The van der Waals surface area contributed by atoms with Crippen LogP contribution in [0.3, 0.4) is 0 Å². The minimum absolute atomic E-state index is 0.0352. The van der Waals surface area contributed by atoms with E-state index in [9.17, 15) is 10.1 Å². The molecule has 3 rings (SSSR count). The molecule has 1 fully saturated rings. The van der Waals surface area contributed by atoms with Gasteiger partial charge < -0.3 is 5.32 Å². The third-order valence-corrected chi connectivity index (χ3v) is 5.06. The first-order chi connectivity index (χ1) is 10.7. The minimum Gasteiger partial charge on any atom is -0.353 e. The van der Waals surface area contributed by atoms with Gasteiger partial charge in [0.15, 0.2) is 0 Å². The van der Waals surface area contributed by atoms with Gasteiger partial charge >= 0.3 is 0 Å². The van der Waals surface area contributed by atoms with E-state index < -0.39 is 0 Å². The summed E-state index contributed by atoms with van der Waals surface area (Å²) in [5.41, 5.74) is 2.81. The number of amides is 1. The summed E-state index contributed by atoms with van der Waals surface area (Å²) in [5.74, 6) is 0.367. The fourth-order valence-electron chi connectivity index (χ4n) is 2.60. The van der Waals surface area contributed by atoms with Crippen molar-refractivity contribution in [2.75, 3.05) is 18.8 Å². The molecule has 2 aliphatic rings. The summed E-state index contributed by atoms with van der Waals surface area (Å²) >= 11 is 1.37. The molecule has 0 aromatic carbocycles. The number of nitrogens with zero attached hydrogens (tertiary/aromatic N) is 3. The van der Waals surface area contributed by atoms with Crippen molar-refractivity contribution in [1.82, 2.24) is 15.2 Å². The number of pyridine rings is 1. The molecule has 0 atom stereocenters. The number of fused-ring (bicyclic) bond motifs is 1. The van der Waals surface area contributed by atoms with E-state index >= 15 is 0 Å². The van der Waals surface area contributed by atoms with Gasteiger partial charge in [-0.2, -0.15) is 5.26 Å². The van der Waals surface area contributed by atoms with Crippen molar-refractivity contribution in [2.45, 2.75) is 43.8 Å². The Morgan fingerprint density at radius 1 is 1.59 bits per heavy atom. The van der Waals surface area contributed by atoms with Gasteiger partial charge in [-0.15, -0.1) is 0 Å². The molecule has 1 aromatic heterocycles. The molecule has 1 saturated carbocycles. The maximum absolute atomic E-state index is 11.8. The van der Waals surface area contributed by atoms with Gasteiger partial charge in [-0.25, -0.2) is 4.98 Å². The Balaban J connectivity index is 1.70. The first kappa shape index (κ1) is 15.3. The number of thioether (sulfide) groups is 1. The molecule has 1 aliphatic carbocycles. The SMILES string of the molecule is CCN1CCc2nc(SCC(=O)NC3CC3)c(C#N)cc2C1. The summed E-state index contributed by atoms with van der Waals surface area (Å²) in [6, 6.07) is 4.55. The van der Waals surface area contributed by atoms with Gasteiger partial charge in [-0.05, 0) is 31.0 Å². The summed E-state index contributed by atoms with van der Waals surface area (Å²) in [5, 5.41) is 13.0. The van der Waals surface area contributed by atoms with Crippen molar-refractivity contribution in [3.63, 3.8) is 0 Å². The maximum atomic E-state index is 11.8. The third-order valence-electron chi connectivity index (χ3n) is 4.07. The Morgan fingerprint density at radius 2 is 2.41 bits per heavy atom. The minimum atomic E-state index is 0.0352. The van der Waals surface area contributed by atoms with E-state index in [2.05, 4.69) is 28.2 Å². The fraction of sp³-hybridized carbons (Fsp3) is 0.562. The highest BCUT2D eigenvalue weighted by atomic mass is 32.2. The first-order valence-electron chi connectivity index (χ1n) is 7.77. The van der Waals surface area contributed by atoms with Gasteiger partial charge in [-0.3, -0.25) is 9.69 Å². The summed E-state index contributed by atoms with van der Waals surface area (Å²) < 4.78 is 0. The Kier molecular flexibility index (Phi) is 4.65. The molecule has 5 nitrogen and oxygen atoms in total. The van der Waals surface area contributed by atoms with Crippen LogP contribution < -0.4 is 5.32 Å². The number of carbonyl (C=O) groups is 1. The molecule has 1 aromatic rings. The van der Waals surface area contributed by atoms with Crippen LogP contribution in [0, 0.1) is 11.3 Å². The Labute approximate surface area is 135 Å². The van der Waals surface area contributed by atoms with E-state index in [1.807, 2.05) is 6.07 Å². The average molecular weight is 316 g/mol. The zero-order chi connectivity index (χ0) is 15.5. The number of carbonyl (C=O) groups excluding carboxylic acids is 1. The van der Waals surface area contributed by atoms with Crippen LogP contribution in [0.5, 0.6) is 0 Å². The number of rotatable bonds is 5. The largest absolute Gasteiger partial charge is 0.353 e. The van der Waals surface area contributed by atoms with Crippen LogP contribution >= 0.6 is 11.8 Å². The van der Waals surface area contributed by atoms with Crippen molar-refractivity contribution in [1.29, 1.82) is 5.26 Å². The van der Waals surface area contributed by atoms with Gasteiger partial charge in [0.1, 0.15) is 11.1 Å². The lowest BCUT2D eigenvalue weighted by Gasteiger charge is -2.27. The molecule has 0 spiro atoms. The van der Waals surface area contributed by atoms with Crippen molar-refractivity contribution >= 4 is 17.7 Å². The monoisotopic (exact) mass is 316 g/mol. The predicted octanol–water partition coefficient (Wildman–Crippen LogP) is 1.70. The molecule has 0 unspecified atom stereocenters. The summed E-state index contributed by atoms with van der Waals surface area (Å²) in [4.78, 5) is 18.8. The van der Waals surface area contributed by atoms with Crippen LogP contribution in [0.25, 0.3) is 0 Å². The van der Waals surface area contributed by atoms with E-state index in [1.54, 1.807) is 0 Å². The van der Waals surface area contributed by atoms with E-state index in [0.29, 0.717) is 22.4 Å². The molecule has 22 heavy (non-hydrogen) atoms. The molecule has 0 bridgehead atoms. The molecule has 2 heterocycles.